The summed E-state index contributed by atoms with van der Waals surface area (Å²) in [6, 6.07) is 11.0. The third-order valence-electron chi connectivity index (χ3n) is 2.91. The van der Waals surface area contributed by atoms with Crippen molar-refractivity contribution in [1.29, 1.82) is 0 Å². The number of nitrogens with two attached hydrogens (primary N) is 1. The lowest BCUT2D eigenvalue weighted by Crippen LogP contribution is -1.91. The minimum atomic E-state index is -0.622. The number of anilines is 1. The van der Waals surface area contributed by atoms with E-state index >= 15 is 0 Å². The summed E-state index contributed by atoms with van der Waals surface area (Å²) in [7, 11) is 0. The Kier molecular flexibility index (Phi) is 3.20. The van der Waals surface area contributed by atoms with Crippen LogP contribution in [-0.2, 0) is 0 Å². The number of nitrogens with zero attached hydrogens (tertiary/aromatic N) is 1. The first-order valence-corrected chi connectivity index (χ1v) is 6.79. The van der Waals surface area contributed by atoms with Gasteiger partial charge in [-0.2, -0.15) is 0 Å². The quantitative estimate of drug-likeness (QED) is 0.712. The van der Waals surface area contributed by atoms with Crippen molar-refractivity contribution in [3.63, 3.8) is 0 Å². The highest BCUT2D eigenvalue weighted by Crippen LogP contribution is 2.33. The molecule has 1 heterocycles. The first kappa shape index (κ1) is 12.7. The van der Waals surface area contributed by atoms with Crippen LogP contribution in [0.2, 0.25) is 0 Å². The van der Waals surface area contributed by atoms with E-state index in [1.165, 1.54) is 29.5 Å². The van der Waals surface area contributed by atoms with Crippen molar-refractivity contribution in [2.24, 2.45) is 0 Å². The maximum Gasteiger partial charge on any atom is 0.135 e. The molecule has 0 fully saturated rings. The van der Waals surface area contributed by atoms with E-state index in [2.05, 4.69) is 4.98 Å². The summed E-state index contributed by atoms with van der Waals surface area (Å²) < 4.78 is 27.5. The van der Waals surface area contributed by atoms with Crippen LogP contribution in [0.5, 0.6) is 0 Å². The number of para-hydroxylation sites is 1. The molecule has 0 aliphatic heterocycles. The van der Waals surface area contributed by atoms with Gasteiger partial charge < -0.3 is 5.73 Å². The number of thiazole rings is 1. The van der Waals surface area contributed by atoms with Gasteiger partial charge in [0.2, 0.25) is 0 Å². The van der Waals surface area contributed by atoms with Gasteiger partial charge in [-0.25, -0.2) is 13.8 Å². The molecule has 3 rings (SSSR count). The SMILES string of the molecule is Nc1ccccc1-c1nc(-c2c(F)cccc2F)cs1. The van der Waals surface area contributed by atoms with Gasteiger partial charge in [0.1, 0.15) is 16.6 Å². The third kappa shape index (κ3) is 2.16. The number of hydrogen-bond acceptors (Lipinski definition) is 3. The highest BCUT2D eigenvalue weighted by Gasteiger charge is 2.15. The molecule has 100 valence electrons. The molecular weight excluding hydrogens is 278 g/mol. The van der Waals surface area contributed by atoms with Crippen molar-refractivity contribution < 1.29 is 8.78 Å². The Hall–Kier alpha value is -2.27. The lowest BCUT2D eigenvalue weighted by atomic mass is 10.1. The summed E-state index contributed by atoms with van der Waals surface area (Å²) in [5.41, 5.74) is 7.40. The fraction of sp³-hybridized carbons (Fsp3) is 0. The lowest BCUT2D eigenvalue weighted by molar-refractivity contribution is 0.589. The largest absolute Gasteiger partial charge is 0.398 e. The molecule has 0 unspecified atom stereocenters. The van der Waals surface area contributed by atoms with Crippen LogP contribution in [0.25, 0.3) is 21.8 Å². The van der Waals surface area contributed by atoms with Gasteiger partial charge in [0.25, 0.3) is 0 Å². The number of rotatable bonds is 2. The third-order valence-corrected chi connectivity index (χ3v) is 3.79. The van der Waals surface area contributed by atoms with E-state index in [9.17, 15) is 8.78 Å². The van der Waals surface area contributed by atoms with Crippen LogP contribution in [0.1, 0.15) is 0 Å². The Balaban J connectivity index is 2.10. The lowest BCUT2D eigenvalue weighted by Gasteiger charge is -2.02. The van der Waals surface area contributed by atoms with Gasteiger partial charge in [0.15, 0.2) is 0 Å². The summed E-state index contributed by atoms with van der Waals surface area (Å²) in [6.45, 7) is 0. The van der Waals surface area contributed by atoms with E-state index in [-0.39, 0.29) is 11.3 Å². The summed E-state index contributed by atoms with van der Waals surface area (Å²) >= 11 is 1.30. The van der Waals surface area contributed by atoms with Crippen LogP contribution < -0.4 is 5.73 Å². The molecule has 0 saturated carbocycles. The van der Waals surface area contributed by atoms with Crippen LogP contribution >= 0.6 is 11.3 Å². The van der Waals surface area contributed by atoms with Crippen molar-refractivity contribution in [2.75, 3.05) is 5.73 Å². The minimum absolute atomic E-state index is 0.107. The molecule has 1 aromatic heterocycles. The average Bonchev–Trinajstić information content (AvgIpc) is 2.88. The van der Waals surface area contributed by atoms with Gasteiger partial charge in [-0.3, -0.25) is 0 Å². The zero-order chi connectivity index (χ0) is 14.1. The molecular formula is C15H10F2N2S. The molecule has 5 heteroatoms. The Morgan fingerprint density at radius 3 is 2.35 bits per heavy atom. The molecule has 0 aliphatic carbocycles. The zero-order valence-corrected chi connectivity index (χ0v) is 11.1. The first-order valence-electron chi connectivity index (χ1n) is 5.91. The van der Waals surface area contributed by atoms with Crippen molar-refractivity contribution in [3.05, 3.63) is 59.5 Å². The molecule has 0 saturated heterocycles. The van der Waals surface area contributed by atoms with Crippen molar-refractivity contribution in [2.45, 2.75) is 0 Å². The minimum Gasteiger partial charge on any atom is -0.398 e. The maximum atomic E-state index is 13.7. The highest BCUT2D eigenvalue weighted by molar-refractivity contribution is 7.13. The molecule has 20 heavy (non-hydrogen) atoms. The van der Waals surface area contributed by atoms with Gasteiger partial charge in [0.05, 0.1) is 11.3 Å². The van der Waals surface area contributed by atoms with Crippen molar-refractivity contribution in [1.82, 2.24) is 4.98 Å². The predicted octanol–water partition coefficient (Wildman–Crippen LogP) is 4.34. The first-order chi connectivity index (χ1) is 9.66. The van der Waals surface area contributed by atoms with Crippen LogP contribution in [0.3, 0.4) is 0 Å². The highest BCUT2D eigenvalue weighted by atomic mass is 32.1. The summed E-state index contributed by atoms with van der Waals surface area (Å²) in [4.78, 5) is 4.29. The molecule has 0 amide bonds. The molecule has 0 spiro atoms. The average molecular weight is 288 g/mol. The Labute approximate surface area is 118 Å². The summed E-state index contributed by atoms with van der Waals surface area (Å²) in [5.74, 6) is -1.24. The van der Waals surface area contributed by atoms with Crippen LogP contribution in [0, 0.1) is 11.6 Å². The molecule has 3 aromatic rings. The van der Waals surface area contributed by atoms with Crippen LogP contribution in [0.4, 0.5) is 14.5 Å². The van der Waals surface area contributed by atoms with Crippen LogP contribution in [-0.4, -0.2) is 4.98 Å². The van der Waals surface area contributed by atoms with Crippen molar-refractivity contribution in [3.8, 4) is 21.8 Å². The second-order valence-electron chi connectivity index (χ2n) is 4.22. The molecule has 0 atom stereocenters. The Morgan fingerprint density at radius 1 is 0.950 bits per heavy atom. The van der Waals surface area contributed by atoms with Gasteiger partial charge in [0, 0.05) is 16.6 Å². The van der Waals surface area contributed by atoms with E-state index < -0.39 is 11.6 Å². The zero-order valence-electron chi connectivity index (χ0n) is 10.3. The summed E-state index contributed by atoms with van der Waals surface area (Å²) in [6.07, 6.45) is 0. The molecule has 0 bridgehead atoms. The van der Waals surface area contributed by atoms with Crippen LogP contribution in [0.15, 0.2) is 47.8 Å². The molecule has 2 nitrogen and oxygen atoms in total. The van der Waals surface area contributed by atoms with E-state index in [0.29, 0.717) is 10.7 Å². The van der Waals surface area contributed by atoms with Gasteiger partial charge in [-0.1, -0.05) is 18.2 Å². The van der Waals surface area contributed by atoms with Gasteiger partial charge in [-0.15, -0.1) is 11.3 Å². The number of halogens is 2. The predicted molar refractivity (Wildman–Crippen MR) is 77.3 cm³/mol. The maximum absolute atomic E-state index is 13.7. The van der Waals surface area contributed by atoms with E-state index in [1.54, 1.807) is 11.4 Å². The topological polar surface area (TPSA) is 38.9 Å². The molecule has 0 radical (unpaired) electrons. The number of hydrogen-bond donors (Lipinski definition) is 1. The second kappa shape index (κ2) is 5.02. The molecule has 0 aliphatic rings. The molecule has 2 aromatic carbocycles. The van der Waals surface area contributed by atoms with E-state index in [0.717, 1.165) is 5.56 Å². The monoisotopic (exact) mass is 288 g/mol. The Bertz CT molecular complexity index is 748. The fourth-order valence-electron chi connectivity index (χ4n) is 1.95. The smallest absolute Gasteiger partial charge is 0.135 e. The van der Waals surface area contributed by atoms with Gasteiger partial charge in [-0.05, 0) is 24.3 Å². The van der Waals surface area contributed by atoms with E-state index in [4.69, 9.17) is 5.73 Å². The standard InChI is InChI=1S/C15H10F2N2S/c16-10-5-3-6-11(17)14(10)13-8-20-15(19-13)9-4-1-2-7-12(9)18/h1-8H,18H2. The number of benzene rings is 2. The number of aromatic nitrogens is 1. The number of nitrogen functional groups attached to an aromatic ring is 1. The Morgan fingerprint density at radius 2 is 1.65 bits per heavy atom. The fourth-order valence-corrected chi connectivity index (χ4v) is 2.80. The van der Waals surface area contributed by atoms with E-state index in [1.807, 2.05) is 18.2 Å². The molecule has 2 N–H and O–H groups in total. The second-order valence-corrected chi connectivity index (χ2v) is 5.08. The van der Waals surface area contributed by atoms with Gasteiger partial charge >= 0.3 is 0 Å². The van der Waals surface area contributed by atoms with Crippen molar-refractivity contribution >= 4 is 17.0 Å². The summed E-state index contributed by atoms with van der Waals surface area (Å²) in [5, 5.41) is 2.27. The normalized spacial score (nSPS) is 10.7.